The first kappa shape index (κ1) is 14.9. The average molecular weight is 216 g/mol. The van der Waals surface area contributed by atoms with Gasteiger partial charge in [0, 0.05) is 6.61 Å². The molecule has 0 fully saturated rings. The molecule has 0 bridgehead atoms. The van der Waals surface area contributed by atoms with Crippen LogP contribution in [0.5, 0.6) is 0 Å². The Morgan fingerprint density at radius 3 is 2.20 bits per heavy atom. The van der Waals surface area contributed by atoms with Crippen molar-refractivity contribution in [2.75, 3.05) is 6.61 Å². The van der Waals surface area contributed by atoms with Gasteiger partial charge in [0.05, 0.1) is 6.10 Å². The van der Waals surface area contributed by atoms with Crippen LogP contribution >= 0.6 is 0 Å². The second-order valence-corrected chi connectivity index (χ2v) is 4.17. The highest BCUT2D eigenvalue weighted by Gasteiger charge is 2.07. The molecule has 15 heavy (non-hydrogen) atoms. The van der Waals surface area contributed by atoms with Gasteiger partial charge in [-0.25, -0.2) is 0 Å². The third-order valence-electron chi connectivity index (χ3n) is 2.54. The minimum Gasteiger partial charge on any atom is -0.353 e. The van der Waals surface area contributed by atoms with E-state index in [0.717, 1.165) is 13.0 Å². The first-order chi connectivity index (χ1) is 7.20. The van der Waals surface area contributed by atoms with E-state index >= 15 is 0 Å². The Labute approximate surface area is 95.3 Å². The van der Waals surface area contributed by atoms with Crippen LogP contribution < -0.4 is 0 Å². The number of ether oxygens (including phenoxy) is 2. The van der Waals surface area contributed by atoms with E-state index in [0.29, 0.717) is 6.10 Å². The zero-order valence-corrected chi connectivity index (χ0v) is 10.9. The van der Waals surface area contributed by atoms with Crippen LogP contribution in [0.2, 0.25) is 0 Å². The van der Waals surface area contributed by atoms with Gasteiger partial charge in [0.25, 0.3) is 0 Å². The minimum absolute atomic E-state index is 0.0550. The van der Waals surface area contributed by atoms with E-state index < -0.39 is 0 Å². The van der Waals surface area contributed by atoms with Crippen LogP contribution in [0.4, 0.5) is 0 Å². The lowest BCUT2D eigenvalue weighted by molar-refractivity contribution is -0.154. The van der Waals surface area contributed by atoms with Crippen molar-refractivity contribution in [2.45, 2.75) is 78.6 Å². The monoisotopic (exact) mass is 216 g/mol. The maximum Gasteiger partial charge on any atom is 0.155 e. The van der Waals surface area contributed by atoms with Crippen LogP contribution in [0.15, 0.2) is 0 Å². The molecule has 0 saturated carbocycles. The molecule has 0 radical (unpaired) electrons. The van der Waals surface area contributed by atoms with Crippen LogP contribution in [0.3, 0.4) is 0 Å². The van der Waals surface area contributed by atoms with E-state index in [4.69, 9.17) is 9.47 Å². The molecule has 0 amide bonds. The Balaban J connectivity index is 3.28. The summed E-state index contributed by atoms with van der Waals surface area (Å²) in [6, 6.07) is 0. The molecule has 2 nitrogen and oxygen atoms in total. The summed E-state index contributed by atoms with van der Waals surface area (Å²) in [5.41, 5.74) is 0. The molecule has 0 saturated heterocycles. The summed E-state index contributed by atoms with van der Waals surface area (Å²) in [6.07, 6.45) is 8.09. The van der Waals surface area contributed by atoms with Gasteiger partial charge in [0.15, 0.2) is 6.29 Å². The third-order valence-corrected chi connectivity index (χ3v) is 2.54. The number of unbranched alkanes of at least 4 members (excludes halogenated alkanes) is 4. The summed E-state index contributed by atoms with van der Waals surface area (Å²) >= 11 is 0. The van der Waals surface area contributed by atoms with Crippen molar-refractivity contribution in [1.29, 1.82) is 0 Å². The van der Waals surface area contributed by atoms with Crippen molar-refractivity contribution >= 4 is 0 Å². The molecule has 0 rings (SSSR count). The van der Waals surface area contributed by atoms with Gasteiger partial charge in [0.1, 0.15) is 0 Å². The quantitative estimate of drug-likeness (QED) is 0.404. The molecule has 0 aromatic carbocycles. The second kappa shape index (κ2) is 10.4. The predicted octanol–water partition coefficient (Wildman–Crippen LogP) is 4.13. The van der Waals surface area contributed by atoms with Crippen molar-refractivity contribution in [1.82, 2.24) is 0 Å². The summed E-state index contributed by atoms with van der Waals surface area (Å²) in [4.78, 5) is 0. The van der Waals surface area contributed by atoms with E-state index in [1.807, 2.05) is 13.8 Å². The number of hydrogen-bond acceptors (Lipinski definition) is 2. The summed E-state index contributed by atoms with van der Waals surface area (Å²) in [5, 5.41) is 0. The summed E-state index contributed by atoms with van der Waals surface area (Å²) < 4.78 is 11.0. The zero-order valence-electron chi connectivity index (χ0n) is 10.9. The molecule has 0 spiro atoms. The molecule has 0 N–H and O–H groups in total. The van der Waals surface area contributed by atoms with Crippen molar-refractivity contribution in [2.24, 2.45) is 0 Å². The zero-order chi connectivity index (χ0) is 11.5. The summed E-state index contributed by atoms with van der Waals surface area (Å²) in [5.74, 6) is 0. The molecule has 0 aliphatic carbocycles. The normalized spacial score (nSPS) is 15.2. The highest BCUT2D eigenvalue weighted by molar-refractivity contribution is 4.52. The largest absolute Gasteiger partial charge is 0.353 e. The Morgan fingerprint density at radius 2 is 1.60 bits per heavy atom. The Kier molecular flexibility index (Phi) is 10.4. The molecule has 0 aliphatic heterocycles. The van der Waals surface area contributed by atoms with Gasteiger partial charge in [-0.2, -0.15) is 0 Å². The lowest BCUT2D eigenvalue weighted by atomic mass is 10.1. The van der Waals surface area contributed by atoms with Gasteiger partial charge in [-0.1, -0.05) is 39.0 Å². The standard InChI is InChI=1S/C13H28O2/c1-5-7-8-9-10-11-12(3)15-13(4)14-6-2/h12-13H,5-11H2,1-4H3. The lowest BCUT2D eigenvalue weighted by Crippen LogP contribution is -2.19. The second-order valence-electron chi connectivity index (χ2n) is 4.17. The average Bonchev–Trinajstić information content (AvgIpc) is 2.17. The SMILES string of the molecule is CCCCCCCC(C)OC(C)OCC. The minimum atomic E-state index is -0.0550. The van der Waals surface area contributed by atoms with E-state index in [-0.39, 0.29) is 6.29 Å². The highest BCUT2D eigenvalue weighted by atomic mass is 16.7. The van der Waals surface area contributed by atoms with Gasteiger partial charge < -0.3 is 9.47 Å². The number of rotatable bonds is 10. The molecular weight excluding hydrogens is 188 g/mol. The maximum absolute atomic E-state index is 5.68. The molecule has 0 aliphatic rings. The molecule has 2 unspecified atom stereocenters. The molecule has 0 aromatic heterocycles. The van der Waals surface area contributed by atoms with Crippen molar-refractivity contribution in [3.63, 3.8) is 0 Å². The van der Waals surface area contributed by atoms with E-state index in [9.17, 15) is 0 Å². The molecule has 92 valence electrons. The van der Waals surface area contributed by atoms with Gasteiger partial charge in [-0.05, 0) is 27.2 Å². The molecule has 2 atom stereocenters. The van der Waals surface area contributed by atoms with Gasteiger partial charge in [0.2, 0.25) is 0 Å². The molecule has 0 heterocycles. The van der Waals surface area contributed by atoms with E-state index in [1.165, 1.54) is 32.1 Å². The molecular formula is C13H28O2. The van der Waals surface area contributed by atoms with Crippen LogP contribution in [0, 0.1) is 0 Å². The Morgan fingerprint density at radius 1 is 0.933 bits per heavy atom. The van der Waals surface area contributed by atoms with Gasteiger partial charge in [-0.15, -0.1) is 0 Å². The van der Waals surface area contributed by atoms with Crippen LogP contribution in [0.1, 0.15) is 66.2 Å². The third kappa shape index (κ3) is 10.2. The van der Waals surface area contributed by atoms with Crippen molar-refractivity contribution < 1.29 is 9.47 Å². The first-order valence-electron chi connectivity index (χ1n) is 6.47. The highest BCUT2D eigenvalue weighted by Crippen LogP contribution is 2.10. The fourth-order valence-corrected chi connectivity index (χ4v) is 1.70. The summed E-state index contributed by atoms with van der Waals surface area (Å²) in [7, 11) is 0. The predicted molar refractivity (Wildman–Crippen MR) is 65.0 cm³/mol. The van der Waals surface area contributed by atoms with Crippen LogP contribution in [-0.2, 0) is 9.47 Å². The van der Waals surface area contributed by atoms with Gasteiger partial charge in [-0.3, -0.25) is 0 Å². The Bertz CT molecular complexity index is 126. The molecule has 0 aromatic rings. The summed E-state index contributed by atoms with van der Waals surface area (Å²) in [6.45, 7) is 9.07. The number of hydrogen-bond donors (Lipinski definition) is 0. The fraction of sp³-hybridized carbons (Fsp3) is 1.00. The van der Waals surface area contributed by atoms with E-state index in [1.54, 1.807) is 0 Å². The Hall–Kier alpha value is -0.0800. The van der Waals surface area contributed by atoms with Crippen LogP contribution in [-0.4, -0.2) is 19.0 Å². The van der Waals surface area contributed by atoms with Crippen LogP contribution in [0.25, 0.3) is 0 Å². The van der Waals surface area contributed by atoms with Crippen molar-refractivity contribution in [3.8, 4) is 0 Å². The lowest BCUT2D eigenvalue weighted by Gasteiger charge is -2.18. The fourth-order valence-electron chi connectivity index (χ4n) is 1.70. The smallest absolute Gasteiger partial charge is 0.155 e. The maximum atomic E-state index is 5.68. The first-order valence-corrected chi connectivity index (χ1v) is 6.47. The topological polar surface area (TPSA) is 18.5 Å². The molecule has 2 heteroatoms. The van der Waals surface area contributed by atoms with E-state index in [2.05, 4.69) is 13.8 Å². The van der Waals surface area contributed by atoms with Gasteiger partial charge >= 0.3 is 0 Å². The van der Waals surface area contributed by atoms with Crippen molar-refractivity contribution in [3.05, 3.63) is 0 Å².